The minimum absolute atomic E-state index is 0.00286. The number of fused-ring (bicyclic) bond motifs is 2. The van der Waals surface area contributed by atoms with E-state index in [1.165, 1.54) is 0 Å². The van der Waals surface area contributed by atoms with Crippen molar-refractivity contribution >= 4 is 0 Å². The molecular formula is C21H28O5. The lowest BCUT2D eigenvalue weighted by atomic mass is 9.60. The van der Waals surface area contributed by atoms with Crippen LogP contribution in [0.15, 0.2) is 12.1 Å². The maximum absolute atomic E-state index is 11.2. The predicted octanol–water partition coefficient (Wildman–Crippen LogP) is 3.34. The van der Waals surface area contributed by atoms with Crippen LogP contribution in [0.2, 0.25) is 0 Å². The lowest BCUT2D eigenvalue weighted by Crippen LogP contribution is -2.51. The number of methoxy groups -OCH3 is 1. The van der Waals surface area contributed by atoms with Gasteiger partial charge in [0.1, 0.15) is 13.2 Å². The Labute approximate surface area is 154 Å². The first-order valence-electron chi connectivity index (χ1n) is 9.74. The Morgan fingerprint density at radius 2 is 1.96 bits per heavy atom. The van der Waals surface area contributed by atoms with E-state index < -0.39 is 0 Å². The topological polar surface area (TPSA) is 57.2 Å². The third-order valence-electron chi connectivity index (χ3n) is 7.61. The fourth-order valence-electron chi connectivity index (χ4n) is 6.21. The highest BCUT2D eigenvalue weighted by Crippen LogP contribution is 2.70. The largest absolute Gasteiger partial charge is 0.493 e. The van der Waals surface area contributed by atoms with Gasteiger partial charge in [-0.15, -0.1) is 0 Å². The molecule has 3 fully saturated rings. The van der Waals surface area contributed by atoms with Crippen LogP contribution in [0.4, 0.5) is 0 Å². The zero-order chi connectivity index (χ0) is 18.1. The van der Waals surface area contributed by atoms with Gasteiger partial charge in [-0.05, 0) is 54.2 Å². The summed E-state index contributed by atoms with van der Waals surface area (Å²) in [5, 5.41) is 11.2. The number of benzene rings is 1. The zero-order valence-corrected chi connectivity index (χ0v) is 15.8. The summed E-state index contributed by atoms with van der Waals surface area (Å²) < 4.78 is 23.4. The van der Waals surface area contributed by atoms with E-state index >= 15 is 0 Å². The number of hydrogen-bond donors (Lipinski definition) is 1. The van der Waals surface area contributed by atoms with Gasteiger partial charge in [0.25, 0.3) is 0 Å². The van der Waals surface area contributed by atoms with Gasteiger partial charge in [0.05, 0.1) is 19.3 Å². The van der Waals surface area contributed by atoms with E-state index in [0.29, 0.717) is 43.2 Å². The Morgan fingerprint density at radius 1 is 1.15 bits per heavy atom. The highest BCUT2D eigenvalue weighted by molar-refractivity contribution is 5.55. The van der Waals surface area contributed by atoms with Crippen LogP contribution in [-0.2, 0) is 4.74 Å². The summed E-state index contributed by atoms with van der Waals surface area (Å²) in [6.07, 6.45) is 2.91. The molecule has 2 aliphatic carbocycles. The van der Waals surface area contributed by atoms with Gasteiger partial charge in [-0.3, -0.25) is 0 Å². The molecule has 1 saturated heterocycles. The summed E-state index contributed by atoms with van der Waals surface area (Å²) in [5.41, 5.74) is 1.06. The normalized spacial score (nSPS) is 39.5. The van der Waals surface area contributed by atoms with Crippen LogP contribution in [0.25, 0.3) is 0 Å². The Morgan fingerprint density at radius 3 is 2.73 bits per heavy atom. The molecule has 5 nitrogen and oxygen atoms in total. The molecule has 0 amide bonds. The van der Waals surface area contributed by atoms with Gasteiger partial charge in [0.15, 0.2) is 11.5 Å². The molecule has 2 saturated carbocycles. The molecule has 1 aromatic carbocycles. The SMILES string of the molecule is COc1cc([C@H]2OCCC34C[C@@H](C[C@H]23)C(C)(C)[C@H]4O)cc2c1OCCO2. The van der Waals surface area contributed by atoms with Crippen molar-refractivity contribution in [3.63, 3.8) is 0 Å². The minimum Gasteiger partial charge on any atom is -0.493 e. The maximum atomic E-state index is 11.2. The van der Waals surface area contributed by atoms with E-state index in [4.69, 9.17) is 18.9 Å². The van der Waals surface area contributed by atoms with Crippen LogP contribution in [0.3, 0.4) is 0 Å². The van der Waals surface area contributed by atoms with Crippen LogP contribution in [0, 0.1) is 22.7 Å². The summed E-state index contributed by atoms with van der Waals surface area (Å²) >= 11 is 0. The first-order valence-corrected chi connectivity index (χ1v) is 9.74. The molecule has 4 aliphatic rings. The summed E-state index contributed by atoms with van der Waals surface area (Å²) in [6, 6.07) is 4.07. The molecule has 1 spiro atoms. The van der Waals surface area contributed by atoms with Crippen LogP contribution in [0.1, 0.15) is 44.8 Å². The van der Waals surface area contributed by atoms with Crippen molar-refractivity contribution in [1.82, 2.24) is 0 Å². The number of aliphatic hydroxyl groups is 1. The molecule has 0 radical (unpaired) electrons. The Bertz CT molecular complexity index is 712. The Hall–Kier alpha value is -1.46. The van der Waals surface area contributed by atoms with E-state index in [2.05, 4.69) is 13.8 Å². The Balaban J connectivity index is 1.54. The van der Waals surface area contributed by atoms with E-state index in [1.807, 2.05) is 12.1 Å². The molecule has 142 valence electrons. The third kappa shape index (κ3) is 2.04. The van der Waals surface area contributed by atoms with Crippen molar-refractivity contribution in [2.75, 3.05) is 26.9 Å². The summed E-state index contributed by atoms with van der Waals surface area (Å²) in [6.45, 7) is 6.23. The molecule has 5 atom stereocenters. The lowest BCUT2D eigenvalue weighted by Gasteiger charge is -2.51. The fraction of sp³-hybridized carbons (Fsp3) is 0.714. The molecule has 2 bridgehead atoms. The summed E-state index contributed by atoms with van der Waals surface area (Å²) in [5.74, 6) is 3.02. The minimum atomic E-state index is -0.260. The van der Waals surface area contributed by atoms with Crippen molar-refractivity contribution in [2.45, 2.75) is 45.3 Å². The standard InChI is InChI=1S/C21H28O5/c1-20(2)13-10-14-17(25-5-4-21(14,11-13)19(20)22)12-8-15(23-3)18-16(9-12)24-6-7-26-18/h8-9,13-14,17,19,22H,4-7,10-11H2,1-3H3/t13-,14-,17-,19-,21?/m1/s1. The summed E-state index contributed by atoms with van der Waals surface area (Å²) in [7, 11) is 1.66. The summed E-state index contributed by atoms with van der Waals surface area (Å²) in [4.78, 5) is 0. The number of ether oxygens (including phenoxy) is 4. The van der Waals surface area contributed by atoms with E-state index in [9.17, 15) is 5.11 Å². The van der Waals surface area contributed by atoms with Gasteiger partial charge in [-0.2, -0.15) is 0 Å². The van der Waals surface area contributed by atoms with Gasteiger partial charge in [-0.1, -0.05) is 13.8 Å². The molecule has 26 heavy (non-hydrogen) atoms. The molecule has 1 N–H and O–H groups in total. The van der Waals surface area contributed by atoms with Crippen molar-refractivity contribution < 1.29 is 24.1 Å². The molecule has 1 aromatic rings. The lowest BCUT2D eigenvalue weighted by molar-refractivity contribution is -0.164. The quantitative estimate of drug-likeness (QED) is 0.877. The monoisotopic (exact) mass is 360 g/mol. The average molecular weight is 360 g/mol. The molecule has 5 heteroatoms. The highest BCUT2D eigenvalue weighted by atomic mass is 16.6. The first-order chi connectivity index (χ1) is 12.5. The predicted molar refractivity (Wildman–Crippen MR) is 95.7 cm³/mol. The molecular weight excluding hydrogens is 332 g/mol. The van der Waals surface area contributed by atoms with Gasteiger partial charge < -0.3 is 24.1 Å². The van der Waals surface area contributed by atoms with Crippen LogP contribution in [0.5, 0.6) is 17.2 Å². The molecule has 2 heterocycles. The maximum Gasteiger partial charge on any atom is 0.203 e. The van der Waals surface area contributed by atoms with Gasteiger partial charge in [0, 0.05) is 12.0 Å². The van der Waals surface area contributed by atoms with Gasteiger partial charge >= 0.3 is 0 Å². The van der Waals surface area contributed by atoms with Gasteiger partial charge in [-0.25, -0.2) is 0 Å². The van der Waals surface area contributed by atoms with E-state index in [1.54, 1.807) is 7.11 Å². The molecule has 1 unspecified atom stereocenters. The first kappa shape index (κ1) is 16.7. The van der Waals surface area contributed by atoms with Gasteiger partial charge in [0.2, 0.25) is 5.75 Å². The number of rotatable bonds is 2. The molecule has 5 rings (SSSR count). The number of aliphatic hydroxyl groups excluding tert-OH is 1. The Kier molecular flexibility index (Phi) is 3.55. The van der Waals surface area contributed by atoms with Crippen LogP contribution < -0.4 is 14.2 Å². The van der Waals surface area contributed by atoms with Crippen molar-refractivity contribution in [1.29, 1.82) is 0 Å². The second kappa shape index (κ2) is 5.52. The van der Waals surface area contributed by atoms with Crippen LogP contribution in [-0.4, -0.2) is 38.1 Å². The van der Waals surface area contributed by atoms with Crippen molar-refractivity contribution in [2.24, 2.45) is 22.7 Å². The highest BCUT2D eigenvalue weighted by Gasteiger charge is 2.68. The van der Waals surface area contributed by atoms with Crippen molar-refractivity contribution in [3.8, 4) is 17.2 Å². The van der Waals surface area contributed by atoms with Crippen LogP contribution >= 0.6 is 0 Å². The molecule has 0 aromatic heterocycles. The molecule has 2 aliphatic heterocycles. The number of hydrogen-bond acceptors (Lipinski definition) is 5. The second-order valence-electron chi connectivity index (χ2n) is 8.99. The zero-order valence-electron chi connectivity index (χ0n) is 15.8. The average Bonchev–Trinajstić information content (AvgIpc) is 3.14. The smallest absolute Gasteiger partial charge is 0.203 e. The van der Waals surface area contributed by atoms with E-state index in [0.717, 1.165) is 30.6 Å². The second-order valence-corrected chi connectivity index (χ2v) is 8.99. The van der Waals surface area contributed by atoms with Crippen molar-refractivity contribution in [3.05, 3.63) is 17.7 Å². The fourth-order valence-corrected chi connectivity index (χ4v) is 6.21. The third-order valence-corrected chi connectivity index (χ3v) is 7.61. The van der Waals surface area contributed by atoms with E-state index in [-0.39, 0.29) is 23.0 Å².